The number of halogens is 2. The monoisotopic (exact) mass is 196 g/mol. The molecule has 1 aromatic heterocycles. The average Bonchev–Trinajstić information content (AvgIpc) is 2.59. The van der Waals surface area contributed by atoms with Gasteiger partial charge in [0.2, 0.25) is 0 Å². The molecule has 0 unspecified atom stereocenters. The predicted octanol–water partition coefficient (Wildman–Crippen LogP) is 3.31. The summed E-state index contributed by atoms with van der Waals surface area (Å²) in [7, 11) is 0. The molecular formula is C10H6F2S. The van der Waals surface area contributed by atoms with E-state index in [0.717, 1.165) is 12.1 Å². The van der Waals surface area contributed by atoms with Crippen LogP contribution in [0.25, 0.3) is 0 Å². The third kappa shape index (κ3) is 4.38. The molecule has 2 aromatic rings. The third-order valence-electron chi connectivity index (χ3n) is 1.11. The first-order valence-corrected chi connectivity index (χ1v) is 4.39. The zero-order valence-corrected chi connectivity index (χ0v) is 7.44. The van der Waals surface area contributed by atoms with Crippen molar-refractivity contribution in [3.8, 4) is 0 Å². The van der Waals surface area contributed by atoms with E-state index >= 15 is 0 Å². The van der Waals surface area contributed by atoms with Crippen molar-refractivity contribution < 1.29 is 8.78 Å². The summed E-state index contributed by atoms with van der Waals surface area (Å²) in [5.41, 5.74) is 0. The van der Waals surface area contributed by atoms with E-state index in [-0.39, 0.29) is 0 Å². The van der Waals surface area contributed by atoms with Gasteiger partial charge in [-0.2, -0.15) is 0 Å². The zero-order valence-electron chi connectivity index (χ0n) is 6.63. The van der Waals surface area contributed by atoms with Crippen LogP contribution >= 0.6 is 11.3 Å². The lowest BCUT2D eigenvalue weighted by Crippen LogP contribution is -1.74. The Hall–Kier alpha value is -1.22. The highest BCUT2D eigenvalue weighted by Gasteiger charge is 1.89. The van der Waals surface area contributed by atoms with Crippen LogP contribution in [0, 0.1) is 23.1 Å². The Bertz CT molecular complexity index is 296. The Morgan fingerprint density at radius 2 is 2.08 bits per heavy atom. The molecule has 1 heterocycles. The molecule has 0 saturated heterocycles. The van der Waals surface area contributed by atoms with Crippen LogP contribution in [0.15, 0.2) is 35.7 Å². The van der Waals surface area contributed by atoms with E-state index in [1.165, 1.54) is 6.07 Å². The lowest BCUT2D eigenvalue weighted by atomic mass is 10.3. The van der Waals surface area contributed by atoms with E-state index in [1.54, 1.807) is 11.3 Å². The highest BCUT2D eigenvalue weighted by Crippen LogP contribution is 1.98. The Labute approximate surface area is 79.5 Å². The van der Waals surface area contributed by atoms with Gasteiger partial charge in [0.25, 0.3) is 0 Å². The summed E-state index contributed by atoms with van der Waals surface area (Å²) in [6, 6.07) is 9.14. The molecule has 0 nitrogen and oxygen atoms in total. The normalized spacial score (nSPS) is 8.77. The van der Waals surface area contributed by atoms with Crippen LogP contribution in [0.2, 0.25) is 0 Å². The smallest absolute Gasteiger partial charge is 0.134 e. The van der Waals surface area contributed by atoms with Crippen LogP contribution in [-0.2, 0) is 0 Å². The van der Waals surface area contributed by atoms with E-state index in [1.807, 2.05) is 17.5 Å². The van der Waals surface area contributed by atoms with E-state index in [4.69, 9.17) is 0 Å². The molecule has 0 bridgehead atoms. The molecule has 1 aromatic carbocycles. The van der Waals surface area contributed by atoms with Gasteiger partial charge in [0.15, 0.2) is 0 Å². The molecule has 0 aliphatic heterocycles. The fraction of sp³-hybridized carbons (Fsp3) is 0. The van der Waals surface area contributed by atoms with Gasteiger partial charge in [0.1, 0.15) is 11.6 Å². The van der Waals surface area contributed by atoms with Gasteiger partial charge >= 0.3 is 0 Å². The average molecular weight is 196 g/mol. The summed E-state index contributed by atoms with van der Waals surface area (Å²) in [5, 5.41) is 4.89. The van der Waals surface area contributed by atoms with Gasteiger partial charge in [-0.1, -0.05) is 6.07 Å². The van der Waals surface area contributed by atoms with Crippen LogP contribution < -0.4 is 0 Å². The maximum atomic E-state index is 11.9. The van der Waals surface area contributed by atoms with Crippen molar-refractivity contribution in [3.63, 3.8) is 0 Å². The summed E-state index contributed by atoms with van der Waals surface area (Å²) in [4.78, 5) is 0. The first-order valence-electron chi connectivity index (χ1n) is 3.51. The lowest BCUT2D eigenvalue weighted by molar-refractivity contribution is 0.582. The number of hydrogen-bond donors (Lipinski definition) is 0. The number of benzene rings is 1. The van der Waals surface area contributed by atoms with Crippen molar-refractivity contribution in [1.82, 2.24) is 0 Å². The first kappa shape index (κ1) is 9.86. The Morgan fingerprint density at radius 1 is 1.23 bits per heavy atom. The molecule has 2 rings (SSSR count). The molecule has 0 amide bonds. The zero-order chi connectivity index (χ0) is 9.52. The first-order chi connectivity index (χ1) is 6.29. The van der Waals surface area contributed by atoms with E-state index in [2.05, 4.69) is 11.4 Å². The topological polar surface area (TPSA) is 0 Å². The summed E-state index contributed by atoms with van der Waals surface area (Å²) in [6.07, 6.45) is 0. The molecule has 0 aliphatic carbocycles. The van der Waals surface area contributed by atoms with Crippen LogP contribution in [0.3, 0.4) is 0 Å². The number of hydrogen-bond acceptors (Lipinski definition) is 1. The van der Waals surface area contributed by atoms with Gasteiger partial charge < -0.3 is 0 Å². The van der Waals surface area contributed by atoms with Crippen molar-refractivity contribution in [2.24, 2.45) is 0 Å². The highest BCUT2D eigenvalue weighted by molar-refractivity contribution is 7.07. The molecule has 0 N–H and O–H groups in total. The van der Waals surface area contributed by atoms with Gasteiger partial charge in [-0.05, 0) is 23.6 Å². The van der Waals surface area contributed by atoms with Crippen molar-refractivity contribution >= 4 is 11.3 Å². The molecule has 0 fully saturated rings. The minimum atomic E-state index is -0.662. The van der Waals surface area contributed by atoms with Crippen LogP contribution in [0.4, 0.5) is 8.78 Å². The maximum absolute atomic E-state index is 11.9. The van der Waals surface area contributed by atoms with Crippen molar-refractivity contribution in [2.45, 2.75) is 0 Å². The summed E-state index contributed by atoms with van der Waals surface area (Å²) in [6.45, 7) is 0. The molecule has 66 valence electrons. The molecular weight excluding hydrogens is 190 g/mol. The summed E-state index contributed by atoms with van der Waals surface area (Å²) in [5.74, 6) is -1.23. The van der Waals surface area contributed by atoms with E-state index in [0.29, 0.717) is 0 Å². The van der Waals surface area contributed by atoms with Crippen LogP contribution in [-0.4, -0.2) is 0 Å². The third-order valence-corrected chi connectivity index (χ3v) is 1.67. The molecule has 0 saturated carbocycles. The SMILES string of the molecule is Fc1[c]ccc(F)c1.[c]1cccs1. The predicted molar refractivity (Wildman–Crippen MR) is 48.3 cm³/mol. The van der Waals surface area contributed by atoms with Gasteiger partial charge in [0, 0.05) is 17.5 Å². The molecule has 3 heteroatoms. The Kier molecular flexibility index (Phi) is 4.12. The van der Waals surface area contributed by atoms with Crippen LogP contribution in [0.1, 0.15) is 0 Å². The van der Waals surface area contributed by atoms with Crippen molar-refractivity contribution in [3.05, 3.63) is 58.8 Å². The van der Waals surface area contributed by atoms with Gasteiger partial charge in [-0.3, -0.25) is 0 Å². The minimum Gasteiger partial charge on any atom is -0.207 e. The van der Waals surface area contributed by atoms with Gasteiger partial charge in [-0.25, -0.2) is 8.78 Å². The molecule has 13 heavy (non-hydrogen) atoms. The summed E-state index contributed by atoms with van der Waals surface area (Å²) >= 11 is 1.59. The fourth-order valence-electron chi connectivity index (χ4n) is 0.608. The second kappa shape index (κ2) is 5.43. The Morgan fingerprint density at radius 3 is 2.38 bits per heavy atom. The second-order valence-electron chi connectivity index (χ2n) is 2.09. The fourth-order valence-corrected chi connectivity index (χ4v) is 1.00. The maximum Gasteiger partial charge on any atom is 0.134 e. The quantitative estimate of drug-likeness (QED) is 0.606. The largest absolute Gasteiger partial charge is 0.207 e. The van der Waals surface area contributed by atoms with E-state index in [9.17, 15) is 8.78 Å². The molecule has 0 atom stereocenters. The van der Waals surface area contributed by atoms with Crippen molar-refractivity contribution in [2.75, 3.05) is 0 Å². The van der Waals surface area contributed by atoms with Gasteiger partial charge in [0.05, 0.1) is 0 Å². The molecule has 2 radical (unpaired) electrons. The number of thiophene rings is 1. The highest BCUT2D eigenvalue weighted by atomic mass is 32.1. The second-order valence-corrected chi connectivity index (χ2v) is 2.83. The molecule has 0 aliphatic rings. The lowest BCUT2D eigenvalue weighted by Gasteiger charge is -1.83. The van der Waals surface area contributed by atoms with E-state index < -0.39 is 11.6 Å². The minimum absolute atomic E-state index is 0.568. The Balaban J connectivity index is 0.000000145. The van der Waals surface area contributed by atoms with Crippen LogP contribution in [0.5, 0.6) is 0 Å². The number of rotatable bonds is 0. The van der Waals surface area contributed by atoms with Gasteiger partial charge in [-0.15, -0.1) is 11.3 Å². The standard InChI is InChI=1S/C6H3F2.C4H3S/c7-5-2-1-3-6(8)4-5;1-2-4-5-3-1/h1-2,4H;1-3H. The summed E-state index contributed by atoms with van der Waals surface area (Å²) < 4.78 is 23.8. The van der Waals surface area contributed by atoms with Crippen molar-refractivity contribution in [1.29, 1.82) is 0 Å². The molecule has 0 spiro atoms.